The van der Waals surface area contributed by atoms with Crippen molar-refractivity contribution in [1.82, 2.24) is 10.6 Å². The van der Waals surface area contributed by atoms with E-state index in [4.69, 9.17) is 0 Å². The fourth-order valence-corrected chi connectivity index (χ4v) is 1.50. The number of carbonyl (C=O) groups excluding carboxylic acids is 1. The summed E-state index contributed by atoms with van der Waals surface area (Å²) in [5, 5.41) is 4.79. The average molecular weight is 242 g/mol. The lowest BCUT2D eigenvalue weighted by atomic mass is 9.89. The number of nitrogens with one attached hydrogen (secondary N) is 2. The van der Waals surface area contributed by atoms with Gasteiger partial charge in [0.25, 0.3) is 0 Å². The maximum Gasteiger partial charge on any atom is 0.324 e. The van der Waals surface area contributed by atoms with Crippen molar-refractivity contribution in [2.45, 2.75) is 25.7 Å². The van der Waals surface area contributed by atoms with Gasteiger partial charge in [-0.05, 0) is 19.9 Å². The number of alkyl halides is 4. The van der Waals surface area contributed by atoms with Crippen LogP contribution in [-0.4, -0.2) is 37.9 Å². The lowest BCUT2D eigenvalue weighted by molar-refractivity contribution is -0.141. The van der Waals surface area contributed by atoms with Crippen molar-refractivity contribution in [2.24, 2.45) is 5.41 Å². The van der Waals surface area contributed by atoms with E-state index in [2.05, 4.69) is 5.32 Å². The van der Waals surface area contributed by atoms with Crippen LogP contribution in [0.5, 0.6) is 0 Å². The predicted octanol–water partition coefficient (Wildman–Crippen LogP) is 1.00. The van der Waals surface area contributed by atoms with Gasteiger partial charge in [0.15, 0.2) is 0 Å². The highest BCUT2D eigenvalue weighted by atomic mass is 19.3. The first-order chi connectivity index (χ1) is 7.28. The molecule has 1 rings (SSSR count). The number of carbonyl (C=O) groups is 1. The van der Waals surface area contributed by atoms with Crippen LogP contribution in [0.1, 0.15) is 13.3 Å². The summed E-state index contributed by atoms with van der Waals surface area (Å²) in [6.45, 7) is 1.29. The molecule has 1 unspecified atom stereocenters. The van der Waals surface area contributed by atoms with Crippen molar-refractivity contribution in [2.75, 3.05) is 19.6 Å². The fourth-order valence-electron chi connectivity index (χ4n) is 1.50. The highest BCUT2D eigenvalue weighted by Crippen LogP contribution is 2.26. The van der Waals surface area contributed by atoms with E-state index in [9.17, 15) is 22.4 Å². The minimum absolute atomic E-state index is 0.374. The van der Waals surface area contributed by atoms with Gasteiger partial charge >= 0.3 is 12.3 Å². The average Bonchev–Trinajstić information content (AvgIpc) is 2.62. The second-order valence-corrected chi connectivity index (χ2v) is 4.23. The first-order valence-corrected chi connectivity index (χ1v) is 4.93. The van der Waals surface area contributed by atoms with E-state index in [0.29, 0.717) is 19.5 Å². The van der Waals surface area contributed by atoms with Crippen LogP contribution in [0.15, 0.2) is 0 Å². The quantitative estimate of drug-likeness (QED) is 0.722. The highest BCUT2D eigenvalue weighted by molar-refractivity contribution is 5.82. The Labute approximate surface area is 90.6 Å². The van der Waals surface area contributed by atoms with E-state index in [-0.39, 0.29) is 0 Å². The Hall–Kier alpha value is -0.850. The lowest BCUT2D eigenvalue weighted by Gasteiger charge is -2.23. The van der Waals surface area contributed by atoms with Crippen LogP contribution in [0.4, 0.5) is 17.6 Å². The lowest BCUT2D eigenvalue weighted by Crippen LogP contribution is -2.47. The van der Waals surface area contributed by atoms with E-state index in [1.54, 1.807) is 6.92 Å². The van der Waals surface area contributed by atoms with Gasteiger partial charge in [-0.1, -0.05) is 0 Å². The molecular weight excluding hydrogens is 228 g/mol. The maximum absolute atomic E-state index is 12.5. The molecule has 0 aliphatic carbocycles. The second-order valence-electron chi connectivity index (χ2n) is 4.23. The summed E-state index contributed by atoms with van der Waals surface area (Å²) in [6, 6.07) is 0. The van der Waals surface area contributed by atoms with Gasteiger partial charge in [0.2, 0.25) is 5.91 Å². The van der Waals surface area contributed by atoms with Gasteiger partial charge in [-0.15, -0.1) is 0 Å². The maximum atomic E-state index is 12.5. The Bertz CT molecular complexity index is 264. The molecule has 1 amide bonds. The second kappa shape index (κ2) is 4.57. The normalized spacial score (nSPS) is 26.1. The van der Waals surface area contributed by atoms with Crippen LogP contribution in [0.2, 0.25) is 0 Å². The third kappa shape index (κ3) is 2.84. The Morgan fingerprint density at radius 1 is 1.56 bits per heavy atom. The number of hydrogen-bond acceptors (Lipinski definition) is 2. The molecule has 1 heterocycles. The molecule has 0 bridgehead atoms. The topological polar surface area (TPSA) is 41.1 Å². The van der Waals surface area contributed by atoms with Gasteiger partial charge in [0.05, 0.1) is 12.0 Å². The van der Waals surface area contributed by atoms with Crippen LogP contribution < -0.4 is 10.6 Å². The monoisotopic (exact) mass is 242 g/mol. The first-order valence-electron chi connectivity index (χ1n) is 4.93. The summed E-state index contributed by atoms with van der Waals surface area (Å²) in [5.74, 6) is -4.78. The largest absolute Gasteiger partial charge is 0.349 e. The van der Waals surface area contributed by atoms with Crippen LogP contribution >= 0.6 is 0 Å². The molecule has 2 N–H and O–H groups in total. The van der Waals surface area contributed by atoms with Gasteiger partial charge < -0.3 is 10.6 Å². The minimum atomic E-state index is -4.17. The van der Waals surface area contributed by atoms with Crippen LogP contribution in [0.25, 0.3) is 0 Å². The number of halogens is 4. The highest BCUT2D eigenvalue weighted by Gasteiger charge is 2.43. The predicted molar refractivity (Wildman–Crippen MR) is 49.6 cm³/mol. The molecule has 0 aromatic carbocycles. The molecule has 0 spiro atoms. The molecule has 0 saturated carbocycles. The summed E-state index contributed by atoms with van der Waals surface area (Å²) < 4.78 is 48.7. The van der Waals surface area contributed by atoms with E-state index in [0.717, 1.165) is 0 Å². The Morgan fingerprint density at radius 2 is 2.19 bits per heavy atom. The fraction of sp³-hybridized carbons (Fsp3) is 0.889. The molecule has 16 heavy (non-hydrogen) atoms. The molecule has 0 aromatic heterocycles. The molecule has 3 nitrogen and oxygen atoms in total. The standard InChI is InChI=1S/C9H14F4N2O/c1-8(2-3-14-4-8)7(16)15-5-9(12,13)6(10)11/h6,14H,2-5H2,1H3,(H,15,16). The van der Waals surface area contributed by atoms with E-state index < -0.39 is 30.2 Å². The van der Waals surface area contributed by atoms with E-state index in [1.165, 1.54) is 0 Å². The zero-order valence-corrected chi connectivity index (χ0v) is 8.83. The zero-order valence-electron chi connectivity index (χ0n) is 8.83. The zero-order chi connectivity index (χ0) is 12.4. The van der Waals surface area contributed by atoms with Gasteiger partial charge in [0.1, 0.15) is 0 Å². The van der Waals surface area contributed by atoms with E-state index >= 15 is 0 Å². The molecule has 1 aliphatic heterocycles. The summed E-state index contributed by atoms with van der Waals surface area (Å²) in [5.41, 5.74) is -0.780. The van der Waals surface area contributed by atoms with Crippen molar-refractivity contribution < 1.29 is 22.4 Å². The molecular formula is C9H14F4N2O. The van der Waals surface area contributed by atoms with Crippen molar-refractivity contribution in [1.29, 1.82) is 0 Å². The van der Waals surface area contributed by atoms with Gasteiger partial charge in [0, 0.05) is 6.54 Å². The molecule has 1 aliphatic rings. The minimum Gasteiger partial charge on any atom is -0.349 e. The van der Waals surface area contributed by atoms with Crippen molar-refractivity contribution in [3.63, 3.8) is 0 Å². The first kappa shape index (κ1) is 13.2. The molecule has 1 fully saturated rings. The smallest absolute Gasteiger partial charge is 0.324 e. The van der Waals surface area contributed by atoms with Crippen LogP contribution in [0, 0.1) is 5.41 Å². The Morgan fingerprint density at radius 3 is 2.62 bits per heavy atom. The van der Waals surface area contributed by atoms with Crippen LogP contribution in [0.3, 0.4) is 0 Å². The SMILES string of the molecule is CC1(C(=O)NCC(F)(F)C(F)F)CCNC1. The summed E-state index contributed by atoms with van der Waals surface area (Å²) in [6.07, 6.45) is -3.25. The van der Waals surface area contributed by atoms with Crippen molar-refractivity contribution in [3.8, 4) is 0 Å². The molecule has 0 radical (unpaired) electrons. The molecule has 1 atom stereocenters. The Kier molecular flexibility index (Phi) is 3.77. The molecule has 94 valence electrons. The van der Waals surface area contributed by atoms with Crippen LogP contribution in [-0.2, 0) is 4.79 Å². The third-order valence-electron chi connectivity index (χ3n) is 2.72. The van der Waals surface area contributed by atoms with Crippen molar-refractivity contribution in [3.05, 3.63) is 0 Å². The number of amides is 1. The van der Waals surface area contributed by atoms with E-state index in [1.807, 2.05) is 5.32 Å². The summed E-state index contributed by atoms with van der Waals surface area (Å²) >= 11 is 0. The van der Waals surface area contributed by atoms with Gasteiger partial charge in [-0.25, -0.2) is 8.78 Å². The Balaban J connectivity index is 2.47. The third-order valence-corrected chi connectivity index (χ3v) is 2.72. The molecule has 1 saturated heterocycles. The molecule has 0 aromatic rings. The summed E-state index contributed by atoms with van der Waals surface area (Å²) in [7, 11) is 0. The molecule has 7 heteroatoms. The van der Waals surface area contributed by atoms with Gasteiger partial charge in [-0.3, -0.25) is 4.79 Å². The summed E-state index contributed by atoms with van der Waals surface area (Å²) in [4.78, 5) is 11.5. The number of hydrogen-bond donors (Lipinski definition) is 2. The number of rotatable bonds is 4. The van der Waals surface area contributed by atoms with Gasteiger partial charge in [-0.2, -0.15) is 8.78 Å². The van der Waals surface area contributed by atoms with Crippen molar-refractivity contribution >= 4 is 5.91 Å².